The molecule has 1 aromatic carbocycles. The van der Waals surface area contributed by atoms with Crippen molar-refractivity contribution in [2.24, 2.45) is 5.41 Å². The van der Waals surface area contributed by atoms with Crippen LogP contribution in [-0.2, 0) is 11.2 Å². The van der Waals surface area contributed by atoms with Crippen LogP contribution >= 0.6 is 0 Å². The maximum Gasteiger partial charge on any atom is 0.144 e. The molecule has 1 atom stereocenters. The number of carbonyl (C=O) groups is 1. The van der Waals surface area contributed by atoms with Crippen LogP contribution in [0.5, 0.6) is 0 Å². The van der Waals surface area contributed by atoms with Crippen LogP contribution in [-0.4, -0.2) is 18.9 Å². The summed E-state index contributed by atoms with van der Waals surface area (Å²) in [4.78, 5) is 12.6. The summed E-state index contributed by atoms with van der Waals surface area (Å²) in [5.41, 5.74) is 3.58. The highest BCUT2D eigenvalue weighted by atomic mass is 16.1. The second-order valence-corrected chi connectivity index (χ2v) is 5.53. The van der Waals surface area contributed by atoms with Crippen molar-refractivity contribution in [1.82, 2.24) is 5.32 Å². The molecular formula is C16H23NO. The summed E-state index contributed by atoms with van der Waals surface area (Å²) in [6, 6.07) is 6.26. The molecule has 1 unspecified atom stereocenters. The van der Waals surface area contributed by atoms with Crippen molar-refractivity contribution in [1.29, 1.82) is 0 Å². The Bertz CT molecular complexity index is 424. The number of rotatable bonds is 4. The number of hydrogen-bond donors (Lipinski definition) is 1. The van der Waals surface area contributed by atoms with E-state index in [-0.39, 0.29) is 5.41 Å². The Hall–Kier alpha value is -1.15. The predicted octanol–water partition coefficient (Wildman–Crippen LogP) is 2.80. The van der Waals surface area contributed by atoms with E-state index in [1.165, 1.54) is 16.7 Å². The first-order chi connectivity index (χ1) is 8.59. The van der Waals surface area contributed by atoms with Gasteiger partial charge in [0, 0.05) is 18.4 Å². The van der Waals surface area contributed by atoms with E-state index in [9.17, 15) is 4.79 Å². The third-order valence-corrected chi connectivity index (χ3v) is 4.49. The van der Waals surface area contributed by atoms with Gasteiger partial charge in [0.05, 0.1) is 0 Å². The zero-order valence-electron chi connectivity index (χ0n) is 11.7. The molecular weight excluding hydrogens is 222 g/mol. The lowest BCUT2D eigenvalue weighted by Gasteiger charge is -2.25. The van der Waals surface area contributed by atoms with E-state index in [2.05, 4.69) is 44.3 Å². The molecule has 0 radical (unpaired) electrons. The van der Waals surface area contributed by atoms with Gasteiger partial charge < -0.3 is 5.32 Å². The topological polar surface area (TPSA) is 29.1 Å². The summed E-state index contributed by atoms with van der Waals surface area (Å²) in [6.07, 6.45) is 2.53. The van der Waals surface area contributed by atoms with E-state index in [0.717, 1.165) is 25.9 Å². The average Bonchev–Trinajstić information content (AvgIpc) is 2.84. The van der Waals surface area contributed by atoms with E-state index >= 15 is 0 Å². The standard InChI is InChI=1S/C16H23NO/c1-4-16(8-9-17-11-16)15(18)10-14-12(2)6-5-7-13(14)3/h5-7,17H,4,8-11H2,1-3H3. The fourth-order valence-electron chi connectivity index (χ4n) is 2.96. The summed E-state index contributed by atoms with van der Waals surface area (Å²) in [7, 11) is 0. The van der Waals surface area contributed by atoms with Gasteiger partial charge in [-0.1, -0.05) is 25.1 Å². The summed E-state index contributed by atoms with van der Waals surface area (Å²) >= 11 is 0. The smallest absolute Gasteiger partial charge is 0.144 e. The van der Waals surface area contributed by atoms with Crippen LogP contribution in [0.25, 0.3) is 0 Å². The van der Waals surface area contributed by atoms with E-state index < -0.39 is 0 Å². The Balaban J connectivity index is 2.21. The van der Waals surface area contributed by atoms with Crippen LogP contribution in [0.15, 0.2) is 18.2 Å². The maximum atomic E-state index is 12.6. The Morgan fingerprint density at radius 2 is 2.00 bits per heavy atom. The largest absolute Gasteiger partial charge is 0.316 e. The van der Waals surface area contributed by atoms with Crippen LogP contribution in [0.4, 0.5) is 0 Å². The summed E-state index contributed by atoms with van der Waals surface area (Å²) in [6.45, 7) is 8.16. The van der Waals surface area contributed by atoms with Gasteiger partial charge in [-0.15, -0.1) is 0 Å². The molecule has 1 aliphatic rings. The normalized spacial score (nSPS) is 23.3. The molecule has 1 saturated heterocycles. The predicted molar refractivity (Wildman–Crippen MR) is 74.8 cm³/mol. The number of hydrogen-bond acceptors (Lipinski definition) is 2. The summed E-state index contributed by atoms with van der Waals surface area (Å²) in [5.74, 6) is 0.410. The molecule has 0 aliphatic carbocycles. The van der Waals surface area contributed by atoms with Crippen molar-refractivity contribution >= 4 is 5.78 Å². The lowest BCUT2D eigenvalue weighted by molar-refractivity contribution is -0.127. The molecule has 18 heavy (non-hydrogen) atoms. The Morgan fingerprint density at radius 3 is 2.50 bits per heavy atom. The quantitative estimate of drug-likeness (QED) is 0.883. The highest BCUT2D eigenvalue weighted by molar-refractivity contribution is 5.88. The van der Waals surface area contributed by atoms with Crippen molar-refractivity contribution in [2.45, 2.75) is 40.0 Å². The van der Waals surface area contributed by atoms with Gasteiger partial charge in [0.15, 0.2) is 0 Å². The van der Waals surface area contributed by atoms with Crippen LogP contribution in [0.1, 0.15) is 36.5 Å². The molecule has 0 saturated carbocycles. The van der Waals surface area contributed by atoms with Crippen molar-refractivity contribution < 1.29 is 4.79 Å². The van der Waals surface area contributed by atoms with Gasteiger partial charge in [0.25, 0.3) is 0 Å². The summed E-state index contributed by atoms with van der Waals surface area (Å²) in [5, 5.41) is 3.34. The first-order valence-electron chi connectivity index (χ1n) is 6.88. The second kappa shape index (κ2) is 5.23. The lowest BCUT2D eigenvalue weighted by atomic mass is 9.77. The molecule has 2 rings (SSSR count). The number of benzene rings is 1. The Morgan fingerprint density at radius 1 is 1.33 bits per heavy atom. The molecule has 1 N–H and O–H groups in total. The fourth-order valence-corrected chi connectivity index (χ4v) is 2.96. The van der Waals surface area contributed by atoms with Gasteiger partial charge in [0.1, 0.15) is 5.78 Å². The average molecular weight is 245 g/mol. The Kier molecular flexibility index (Phi) is 3.86. The van der Waals surface area contributed by atoms with Crippen molar-refractivity contribution in [3.63, 3.8) is 0 Å². The van der Waals surface area contributed by atoms with Gasteiger partial charge in [-0.25, -0.2) is 0 Å². The van der Waals surface area contributed by atoms with Gasteiger partial charge in [-0.3, -0.25) is 4.79 Å². The molecule has 1 heterocycles. The molecule has 0 aromatic heterocycles. The molecule has 1 aliphatic heterocycles. The lowest BCUT2D eigenvalue weighted by Crippen LogP contribution is -2.34. The summed E-state index contributed by atoms with van der Waals surface area (Å²) < 4.78 is 0. The number of Topliss-reactive ketones (excluding diaryl/α,β-unsaturated/α-hetero) is 1. The van der Waals surface area contributed by atoms with E-state index in [1.807, 2.05) is 0 Å². The monoisotopic (exact) mass is 245 g/mol. The van der Waals surface area contributed by atoms with Crippen molar-refractivity contribution in [3.8, 4) is 0 Å². The fraction of sp³-hybridized carbons (Fsp3) is 0.562. The van der Waals surface area contributed by atoms with Crippen LogP contribution in [0, 0.1) is 19.3 Å². The number of nitrogens with one attached hydrogen (secondary N) is 1. The molecule has 0 bridgehead atoms. The Labute approximate surface area is 110 Å². The van der Waals surface area contributed by atoms with Crippen molar-refractivity contribution in [3.05, 3.63) is 34.9 Å². The first kappa shape index (κ1) is 13.3. The van der Waals surface area contributed by atoms with Crippen LogP contribution in [0.3, 0.4) is 0 Å². The first-order valence-corrected chi connectivity index (χ1v) is 6.88. The second-order valence-electron chi connectivity index (χ2n) is 5.53. The number of ketones is 1. The van der Waals surface area contributed by atoms with Crippen molar-refractivity contribution in [2.75, 3.05) is 13.1 Å². The molecule has 2 heteroatoms. The molecule has 0 amide bonds. The third-order valence-electron chi connectivity index (χ3n) is 4.49. The SMILES string of the molecule is CCC1(C(=O)Cc2c(C)cccc2C)CCNC1. The molecule has 1 aromatic rings. The molecule has 98 valence electrons. The minimum atomic E-state index is -0.116. The van der Waals surface area contributed by atoms with Gasteiger partial charge in [-0.2, -0.15) is 0 Å². The zero-order valence-corrected chi connectivity index (χ0v) is 11.7. The van der Waals surface area contributed by atoms with Gasteiger partial charge in [-0.05, 0) is 49.9 Å². The maximum absolute atomic E-state index is 12.6. The van der Waals surface area contributed by atoms with E-state index in [0.29, 0.717) is 12.2 Å². The minimum Gasteiger partial charge on any atom is -0.316 e. The minimum absolute atomic E-state index is 0.116. The molecule has 0 spiro atoms. The van der Waals surface area contributed by atoms with Crippen LogP contribution < -0.4 is 5.32 Å². The van der Waals surface area contributed by atoms with E-state index in [1.54, 1.807) is 0 Å². The van der Waals surface area contributed by atoms with Crippen LogP contribution in [0.2, 0.25) is 0 Å². The van der Waals surface area contributed by atoms with Gasteiger partial charge in [0.2, 0.25) is 0 Å². The van der Waals surface area contributed by atoms with Gasteiger partial charge >= 0.3 is 0 Å². The number of carbonyl (C=O) groups excluding carboxylic acids is 1. The highest BCUT2D eigenvalue weighted by Gasteiger charge is 2.38. The van der Waals surface area contributed by atoms with E-state index in [4.69, 9.17) is 0 Å². The highest BCUT2D eigenvalue weighted by Crippen LogP contribution is 2.32. The molecule has 2 nitrogen and oxygen atoms in total. The number of aryl methyl sites for hydroxylation is 2. The molecule has 1 fully saturated rings. The third kappa shape index (κ3) is 2.35. The zero-order chi connectivity index (χ0) is 13.2.